The van der Waals surface area contributed by atoms with Crippen LogP contribution in [0.1, 0.15) is 26.5 Å². The number of aromatic nitrogens is 3. The highest BCUT2D eigenvalue weighted by molar-refractivity contribution is 4.92. The minimum Gasteiger partial charge on any atom is -0.369 e. The predicted molar refractivity (Wildman–Crippen MR) is 67.6 cm³/mol. The summed E-state index contributed by atoms with van der Waals surface area (Å²) in [6, 6.07) is 0. The first-order valence-corrected chi connectivity index (χ1v) is 5.98. The molecule has 5 heteroatoms. The fourth-order valence-electron chi connectivity index (χ4n) is 1.21. The Labute approximate surface area is 104 Å². The molecule has 17 heavy (non-hydrogen) atoms. The molecule has 0 fully saturated rings. The summed E-state index contributed by atoms with van der Waals surface area (Å²) in [6.45, 7) is 8.57. The topological polar surface area (TPSA) is 39.9 Å². The molecule has 0 saturated heterocycles. The van der Waals surface area contributed by atoms with Crippen LogP contribution >= 0.6 is 0 Å². The predicted octanol–water partition coefficient (Wildman–Crippen LogP) is 1.26. The second kappa shape index (κ2) is 5.14. The molecule has 1 aromatic heterocycles. The second-order valence-corrected chi connectivity index (χ2v) is 6.39. The van der Waals surface area contributed by atoms with Gasteiger partial charge in [0.05, 0.1) is 46.1 Å². The van der Waals surface area contributed by atoms with Crippen LogP contribution in [0.3, 0.4) is 0 Å². The normalized spacial score (nSPS) is 13.1. The zero-order chi connectivity index (χ0) is 13.1. The first kappa shape index (κ1) is 14.1. The van der Waals surface area contributed by atoms with Crippen molar-refractivity contribution in [2.24, 2.45) is 0 Å². The quantitative estimate of drug-likeness (QED) is 0.575. The SMILES string of the molecule is CC(C)(C)n1cc(COCC[N+](C)(C)C)nn1. The van der Waals surface area contributed by atoms with E-state index >= 15 is 0 Å². The van der Waals surface area contributed by atoms with E-state index < -0.39 is 0 Å². The average molecular weight is 241 g/mol. The van der Waals surface area contributed by atoms with Gasteiger partial charge in [-0.15, -0.1) is 5.10 Å². The summed E-state index contributed by atoms with van der Waals surface area (Å²) in [4.78, 5) is 0. The van der Waals surface area contributed by atoms with Gasteiger partial charge in [-0.2, -0.15) is 0 Å². The van der Waals surface area contributed by atoms with E-state index in [1.54, 1.807) is 0 Å². The highest BCUT2D eigenvalue weighted by Crippen LogP contribution is 2.11. The molecule has 0 amide bonds. The van der Waals surface area contributed by atoms with E-state index in [1.165, 1.54) is 0 Å². The third-order valence-electron chi connectivity index (χ3n) is 2.38. The van der Waals surface area contributed by atoms with Gasteiger partial charge in [0.2, 0.25) is 0 Å². The minimum absolute atomic E-state index is 0.0203. The average Bonchev–Trinajstić information content (AvgIpc) is 2.58. The van der Waals surface area contributed by atoms with Crippen LogP contribution in [0.5, 0.6) is 0 Å². The highest BCUT2D eigenvalue weighted by atomic mass is 16.5. The van der Waals surface area contributed by atoms with Crippen LogP contribution in [0.25, 0.3) is 0 Å². The Morgan fingerprint density at radius 2 is 1.94 bits per heavy atom. The first-order valence-electron chi connectivity index (χ1n) is 5.98. The fourth-order valence-corrected chi connectivity index (χ4v) is 1.21. The Bertz CT molecular complexity index is 346. The highest BCUT2D eigenvalue weighted by Gasteiger charge is 2.15. The van der Waals surface area contributed by atoms with Crippen LogP contribution in [0.4, 0.5) is 0 Å². The van der Waals surface area contributed by atoms with Gasteiger partial charge in [-0.1, -0.05) is 5.21 Å². The molecule has 0 saturated carbocycles. The van der Waals surface area contributed by atoms with Crippen molar-refractivity contribution in [1.82, 2.24) is 15.0 Å². The summed E-state index contributed by atoms with van der Waals surface area (Å²) in [6.07, 6.45) is 1.95. The molecule has 0 aromatic carbocycles. The number of likely N-dealkylation sites (N-methyl/N-ethyl adjacent to an activating group) is 1. The van der Waals surface area contributed by atoms with E-state index in [4.69, 9.17) is 4.74 Å². The van der Waals surface area contributed by atoms with Crippen LogP contribution in [0.15, 0.2) is 6.20 Å². The van der Waals surface area contributed by atoms with Crippen molar-refractivity contribution in [3.63, 3.8) is 0 Å². The summed E-state index contributed by atoms with van der Waals surface area (Å²) in [5, 5.41) is 8.20. The van der Waals surface area contributed by atoms with Gasteiger partial charge in [0, 0.05) is 0 Å². The van der Waals surface area contributed by atoms with Crippen LogP contribution in [0.2, 0.25) is 0 Å². The third-order valence-corrected chi connectivity index (χ3v) is 2.38. The van der Waals surface area contributed by atoms with Crippen molar-refractivity contribution in [3.8, 4) is 0 Å². The lowest BCUT2D eigenvalue weighted by molar-refractivity contribution is -0.870. The van der Waals surface area contributed by atoms with Crippen molar-refractivity contribution in [2.75, 3.05) is 34.3 Å². The number of quaternary nitrogens is 1. The molecule has 5 nitrogen and oxygen atoms in total. The lowest BCUT2D eigenvalue weighted by Gasteiger charge is -2.23. The lowest BCUT2D eigenvalue weighted by atomic mass is 10.1. The zero-order valence-corrected chi connectivity index (χ0v) is 11.9. The van der Waals surface area contributed by atoms with E-state index in [2.05, 4.69) is 52.2 Å². The fraction of sp³-hybridized carbons (Fsp3) is 0.833. The molecule has 1 aromatic rings. The maximum Gasteiger partial charge on any atom is 0.108 e. The molecule has 98 valence electrons. The van der Waals surface area contributed by atoms with E-state index in [0.29, 0.717) is 6.61 Å². The summed E-state index contributed by atoms with van der Waals surface area (Å²) in [5.74, 6) is 0. The van der Waals surface area contributed by atoms with Crippen molar-refractivity contribution in [1.29, 1.82) is 0 Å². The van der Waals surface area contributed by atoms with Crippen molar-refractivity contribution < 1.29 is 9.22 Å². The number of hydrogen-bond acceptors (Lipinski definition) is 3. The van der Waals surface area contributed by atoms with Crippen LogP contribution < -0.4 is 0 Å². The molecular formula is C12H25N4O+. The molecule has 0 spiro atoms. The van der Waals surface area contributed by atoms with E-state index in [1.807, 2.05) is 10.9 Å². The Balaban J connectivity index is 2.36. The molecule has 0 aliphatic carbocycles. The molecule has 0 aliphatic rings. The van der Waals surface area contributed by atoms with Gasteiger partial charge in [-0.05, 0) is 20.8 Å². The van der Waals surface area contributed by atoms with Gasteiger partial charge in [0.15, 0.2) is 0 Å². The van der Waals surface area contributed by atoms with Crippen LogP contribution in [0, 0.1) is 0 Å². The molecule has 1 heterocycles. The van der Waals surface area contributed by atoms with Gasteiger partial charge >= 0.3 is 0 Å². The van der Waals surface area contributed by atoms with Crippen LogP contribution in [-0.2, 0) is 16.9 Å². The molecule has 0 atom stereocenters. The molecule has 0 radical (unpaired) electrons. The summed E-state index contributed by atoms with van der Waals surface area (Å²) >= 11 is 0. The summed E-state index contributed by atoms with van der Waals surface area (Å²) < 4.78 is 8.37. The summed E-state index contributed by atoms with van der Waals surface area (Å²) in [5.41, 5.74) is 0.870. The first-order chi connectivity index (χ1) is 7.68. The van der Waals surface area contributed by atoms with Gasteiger partial charge in [0.25, 0.3) is 0 Å². The Hall–Kier alpha value is -0.940. The van der Waals surface area contributed by atoms with Crippen LogP contribution in [-0.4, -0.2) is 53.8 Å². The second-order valence-electron chi connectivity index (χ2n) is 6.39. The molecule has 1 rings (SSSR count). The standard InChI is InChI=1S/C12H25N4O/c1-12(2,3)15-9-11(13-14-15)10-17-8-7-16(4,5)6/h9H,7-8,10H2,1-6H3/q+1. The zero-order valence-electron chi connectivity index (χ0n) is 11.9. The van der Waals surface area contributed by atoms with E-state index in [9.17, 15) is 0 Å². The van der Waals surface area contributed by atoms with Gasteiger partial charge < -0.3 is 9.22 Å². The molecule has 0 aliphatic heterocycles. The van der Waals surface area contributed by atoms with Crippen molar-refractivity contribution in [2.45, 2.75) is 32.9 Å². The lowest BCUT2D eigenvalue weighted by Crippen LogP contribution is -2.37. The number of nitrogens with zero attached hydrogens (tertiary/aromatic N) is 4. The largest absolute Gasteiger partial charge is 0.369 e. The van der Waals surface area contributed by atoms with Gasteiger partial charge in [-0.3, -0.25) is 0 Å². The maximum absolute atomic E-state index is 5.59. The Morgan fingerprint density at radius 1 is 1.29 bits per heavy atom. The van der Waals surface area contributed by atoms with Gasteiger partial charge in [0.1, 0.15) is 12.2 Å². The smallest absolute Gasteiger partial charge is 0.108 e. The summed E-state index contributed by atoms with van der Waals surface area (Å²) in [7, 11) is 6.46. The Morgan fingerprint density at radius 3 is 2.41 bits per heavy atom. The Kier molecular flexibility index (Phi) is 4.27. The van der Waals surface area contributed by atoms with Crippen molar-refractivity contribution >= 4 is 0 Å². The third kappa shape index (κ3) is 5.28. The minimum atomic E-state index is -0.0203. The van der Waals surface area contributed by atoms with E-state index in [0.717, 1.165) is 23.3 Å². The number of rotatable bonds is 5. The molecule has 0 bridgehead atoms. The monoisotopic (exact) mass is 241 g/mol. The van der Waals surface area contributed by atoms with E-state index in [-0.39, 0.29) is 5.54 Å². The maximum atomic E-state index is 5.59. The molecule has 0 unspecified atom stereocenters. The number of hydrogen-bond donors (Lipinski definition) is 0. The molecule has 0 N–H and O–H groups in total. The molecular weight excluding hydrogens is 216 g/mol. The number of ether oxygens (including phenoxy) is 1. The van der Waals surface area contributed by atoms with Crippen molar-refractivity contribution in [3.05, 3.63) is 11.9 Å². The van der Waals surface area contributed by atoms with Gasteiger partial charge in [-0.25, -0.2) is 4.68 Å².